The molecule has 150 valence electrons. The van der Waals surface area contributed by atoms with Crippen molar-refractivity contribution in [2.24, 2.45) is 7.05 Å². The molecule has 0 aliphatic heterocycles. The van der Waals surface area contributed by atoms with Gasteiger partial charge in [0, 0.05) is 30.1 Å². The van der Waals surface area contributed by atoms with Gasteiger partial charge in [0.25, 0.3) is 5.56 Å². The number of rotatable bonds is 4. The number of hydrogen-bond acceptors (Lipinski definition) is 4. The highest BCUT2D eigenvalue weighted by Crippen LogP contribution is 2.26. The van der Waals surface area contributed by atoms with Gasteiger partial charge in [0.05, 0.1) is 11.4 Å². The molecular weight excluding hydrogens is 366 g/mol. The molecule has 1 amide bonds. The summed E-state index contributed by atoms with van der Waals surface area (Å²) in [6.07, 6.45) is 3.29. The zero-order valence-electron chi connectivity index (χ0n) is 17.2. The lowest BCUT2D eigenvalue weighted by Gasteiger charge is -2.15. The van der Waals surface area contributed by atoms with Crippen LogP contribution in [0, 0.1) is 13.8 Å². The Morgan fingerprint density at radius 1 is 1.10 bits per heavy atom. The van der Waals surface area contributed by atoms with E-state index in [2.05, 4.69) is 21.6 Å². The van der Waals surface area contributed by atoms with Crippen LogP contribution in [0.5, 0.6) is 0 Å². The van der Waals surface area contributed by atoms with Crippen molar-refractivity contribution in [3.63, 3.8) is 0 Å². The number of amides is 1. The summed E-state index contributed by atoms with van der Waals surface area (Å²) < 4.78 is 3.02. The molecule has 1 atom stereocenters. The van der Waals surface area contributed by atoms with Gasteiger partial charge in [0.2, 0.25) is 5.91 Å². The van der Waals surface area contributed by atoms with Crippen LogP contribution in [-0.2, 0) is 24.7 Å². The molecular formula is C22H25N5O2. The number of benzene rings is 1. The molecule has 0 saturated carbocycles. The fourth-order valence-electron chi connectivity index (χ4n) is 3.99. The fraction of sp³-hybridized carbons (Fsp3) is 0.364. The third kappa shape index (κ3) is 3.48. The van der Waals surface area contributed by atoms with Crippen LogP contribution in [0.1, 0.15) is 41.9 Å². The number of nitrogens with one attached hydrogen (secondary N) is 1. The molecule has 3 aromatic rings. The van der Waals surface area contributed by atoms with Crippen LogP contribution < -0.4 is 10.9 Å². The van der Waals surface area contributed by atoms with Crippen LogP contribution in [0.3, 0.4) is 0 Å². The van der Waals surface area contributed by atoms with Crippen molar-refractivity contribution in [3.05, 3.63) is 63.2 Å². The van der Waals surface area contributed by atoms with E-state index in [4.69, 9.17) is 0 Å². The minimum atomic E-state index is -0.743. The summed E-state index contributed by atoms with van der Waals surface area (Å²) in [6.45, 7) is 5.55. The molecule has 2 aromatic heterocycles. The van der Waals surface area contributed by atoms with Crippen molar-refractivity contribution < 1.29 is 4.79 Å². The van der Waals surface area contributed by atoms with E-state index in [9.17, 15) is 9.59 Å². The molecule has 0 saturated heterocycles. The van der Waals surface area contributed by atoms with Crippen LogP contribution in [0.15, 0.2) is 35.1 Å². The van der Waals surface area contributed by atoms with E-state index >= 15 is 0 Å². The lowest BCUT2D eigenvalue weighted by atomic mass is 10.1. The van der Waals surface area contributed by atoms with Crippen LogP contribution >= 0.6 is 0 Å². The molecule has 4 rings (SSSR count). The third-order valence-electron chi connectivity index (χ3n) is 5.70. The Morgan fingerprint density at radius 3 is 2.59 bits per heavy atom. The van der Waals surface area contributed by atoms with Gasteiger partial charge in [-0.25, -0.2) is 4.68 Å². The van der Waals surface area contributed by atoms with Gasteiger partial charge in [-0.15, -0.1) is 0 Å². The third-order valence-corrected chi connectivity index (χ3v) is 5.70. The van der Waals surface area contributed by atoms with E-state index in [0.717, 1.165) is 41.9 Å². The van der Waals surface area contributed by atoms with Crippen LogP contribution in [0.2, 0.25) is 0 Å². The summed E-state index contributed by atoms with van der Waals surface area (Å²) in [5, 5.41) is 11.8. The number of carbonyl (C=O) groups excluding carboxylic acids is 1. The number of fused-ring (bicyclic) bond motifs is 1. The lowest BCUT2D eigenvalue weighted by molar-refractivity contribution is -0.119. The molecule has 2 heterocycles. The largest absolute Gasteiger partial charge is 0.324 e. The molecule has 1 aliphatic rings. The molecule has 7 nitrogen and oxygen atoms in total. The van der Waals surface area contributed by atoms with Crippen LogP contribution in [0.4, 0.5) is 5.69 Å². The Labute approximate surface area is 169 Å². The summed E-state index contributed by atoms with van der Waals surface area (Å²) >= 11 is 0. The molecule has 0 fully saturated rings. The van der Waals surface area contributed by atoms with Gasteiger partial charge in [-0.2, -0.15) is 10.2 Å². The monoisotopic (exact) mass is 391 g/mol. The maximum atomic E-state index is 12.8. The van der Waals surface area contributed by atoms with Gasteiger partial charge in [0.15, 0.2) is 0 Å². The summed E-state index contributed by atoms with van der Waals surface area (Å²) in [6, 6.07) is 8.41. The molecule has 1 N–H and O–H groups in total. The maximum Gasteiger partial charge on any atom is 0.267 e. The number of aromatic nitrogens is 4. The topological polar surface area (TPSA) is 81.8 Å². The Kier molecular flexibility index (Phi) is 4.82. The first-order valence-corrected chi connectivity index (χ1v) is 9.88. The second-order valence-electron chi connectivity index (χ2n) is 7.67. The van der Waals surface area contributed by atoms with Crippen molar-refractivity contribution in [3.8, 4) is 11.3 Å². The molecule has 0 unspecified atom stereocenters. The number of carbonyl (C=O) groups is 1. The second-order valence-corrected chi connectivity index (χ2v) is 7.67. The van der Waals surface area contributed by atoms with Crippen molar-refractivity contribution in [2.45, 2.75) is 46.1 Å². The van der Waals surface area contributed by atoms with Crippen molar-refractivity contribution in [2.75, 3.05) is 5.32 Å². The van der Waals surface area contributed by atoms with Gasteiger partial charge in [-0.3, -0.25) is 14.3 Å². The highest BCUT2D eigenvalue weighted by atomic mass is 16.2. The zero-order valence-corrected chi connectivity index (χ0v) is 17.2. The summed E-state index contributed by atoms with van der Waals surface area (Å²) in [7, 11) is 1.87. The Morgan fingerprint density at radius 2 is 1.86 bits per heavy atom. The number of hydrogen-bond donors (Lipinski definition) is 1. The summed E-state index contributed by atoms with van der Waals surface area (Å²) in [5.74, 6) is -0.269. The van der Waals surface area contributed by atoms with Crippen LogP contribution in [0.25, 0.3) is 11.3 Å². The first-order chi connectivity index (χ1) is 13.8. The molecule has 1 aromatic carbocycles. The SMILES string of the molecule is Cc1nn(C)c(C)c1-c1ccc(=O)n([C@@H](C)C(=O)Nc2ccc3c(c2)CCC3)n1. The summed E-state index contributed by atoms with van der Waals surface area (Å²) in [5.41, 5.74) is 6.38. The zero-order chi connectivity index (χ0) is 20.7. The molecule has 0 spiro atoms. The van der Waals surface area contributed by atoms with Gasteiger partial charge >= 0.3 is 0 Å². The molecule has 0 radical (unpaired) electrons. The van der Waals surface area contributed by atoms with Crippen molar-refractivity contribution in [1.29, 1.82) is 0 Å². The fourth-order valence-corrected chi connectivity index (χ4v) is 3.99. The lowest BCUT2D eigenvalue weighted by Crippen LogP contribution is -2.33. The molecule has 0 bridgehead atoms. The predicted octanol–water partition coefficient (Wildman–Crippen LogP) is 2.95. The standard InChI is InChI=1S/C22H25N5O2/c1-13-21(14(2)26(4)24-13)19-10-11-20(28)27(25-19)15(3)22(29)23-18-9-8-16-6-5-7-17(16)12-18/h8-12,15H,5-7H2,1-4H3,(H,23,29)/t15-/m0/s1. The second kappa shape index (κ2) is 7.31. The smallest absolute Gasteiger partial charge is 0.267 e. The Balaban J connectivity index is 1.62. The normalized spacial score (nSPS) is 13.9. The number of nitrogens with zero attached hydrogens (tertiary/aromatic N) is 4. The van der Waals surface area contributed by atoms with E-state index in [0.29, 0.717) is 5.69 Å². The quantitative estimate of drug-likeness (QED) is 0.741. The highest BCUT2D eigenvalue weighted by molar-refractivity contribution is 5.93. The van der Waals surface area contributed by atoms with E-state index in [1.54, 1.807) is 17.7 Å². The summed E-state index contributed by atoms with van der Waals surface area (Å²) in [4.78, 5) is 25.3. The van der Waals surface area contributed by atoms with Crippen molar-refractivity contribution in [1.82, 2.24) is 19.6 Å². The predicted molar refractivity (Wildman–Crippen MR) is 112 cm³/mol. The Hall–Kier alpha value is -3.22. The van der Waals surface area contributed by atoms with E-state index in [1.165, 1.54) is 21.9 Å². The molecule has 1 aliphatic carbocycles. The molecule has 29 heavy (non-hydrogen) atoms. The van der Waals surface area contributed by atoms with E-state index < -0.39 is 6.04 Å². The Bertz CT molecular complexity index is 1160. The first-order valence-electron chi connectivity index (χ1n) is 9.88. The van der Waals surface area contributed by atoms with E-state index in [-0.39, 0.29) is 11.5 Å². The maximum absolute atomic E-state index is 12.8. The van der Waals surface area contributed by atoms with Crippen LogP contribution in [-0.4, -0.2) is 25.5 Å². The van der Waals surface area contributed by atoms with Gasteiger partial charge in [0.1, 0.15) is 6.04 Å². The van der Waals surface area contributed by atoms with Gasteiger partial charge in [-0.1, -0.05) is 6.07 Å². The molecule has 7 heteroatoms. The number of aryl methyl sites for hydroxylation is 4. The van der Waals surface area contributed by atoms with Gasteiger partial charge < -0.3 is 5.32 Å². The first kappa shape index (κ1) is 19.1. The van der Waals surface area contributed by atoms with E-state index in [1.807, 2.05) is 33.0 Å². The average molecular weight is 391 g/mol. The number of anilines is 1. The minimum Gasteiger partial charge on any atom is -0.324 e. The van der Waals surface area contributed by atoms with Gasteiger partial charge in [-0.05, 0) is 69.4 Å². The average Bonchev–Trinajstić information content (AvgIpc) is 3.25. The minimum absolute atomic E-state index is 0.269. The van der Waals surface area contributed by atoms with Crippen molar-refractivity contribution >= 4 is 11.6 Å². The highest BCUT2D eigenvalue weighted by Gasteiger charge is 2.21.